The highest BCUT2D eigenvalue weighted by Crippen LogP contribution is 2.17. The van der Waals surface area contributed by atoms with E-state index in [2.05, 4.69) is 4.98 Å². The Morgan fingerprint density at radius 2 is 2.00 bits per heavy atom. The first-order valence-electron chi connectivity index (χ1n) is 4.85. The molecular weight excluding hydrogens is 223 g/mol. The number of aromatic nitrogens is 1. The Kier molecular flexibility index (Phi) is 3.00. The van der Waals surface area contributed by atoms with E-state index < -0.39 is 11.8 Å². The largest absolute Gasteiger partial charge is 0.420 e. The van der Waals surface area contributed by atoms with Gasteiger partial charge in [-0.2, -0.15) is 0 Å². The van der Waals surface area contributed by atoms with Crippen LogP contribution in [0.4, 0.5) is 10.2 Å². The van der Waals surface area contributed by atoms with Crippen molar-refractivity contribution < 1.29 is 13.9 Å². The standard InChI is InChI=1S/C12H9FN2O2/c13-9-3-1-2-4-10(9)17-12(16)8-5-6-11(14)15-7-8/h1-7H,(H2,14,15). The van der Waals surface area contributed by atoms with Gasteiger partial charge in [-0.15, -0.1) is 0 Å². The van der Waals surface area contributed by atoms with Crippen molar-refractivity contribution in [2.75, 3.05) is 5.73 Å². The number of hydrogen-bond acceptors (Lipinski definition) is 4. The summed E-state index contributed by atoms with van der Waals surface area (Å²) >= 11 is 0. The number of benzene rings is 1. The van der Waals surface area contributed by atoms with Crippen molar-refractivity contribution in [2.24, 2.45) is 0 Å². The number of pyridine rings is 1. The third-order valence-electron chi connectivity index (χ3n) is 2.06. The Morgan fingerprint density at radius 1 is 1.24 bits per heavy atom. The molecule has 1 aromatic carbocycles. The van der Waals surface area contributed by atoms with Crippen LogP contribution < -0.4 is 10.5 Å². The second-order valence-corrected chi connectivity index (χ2v) is 3.29. The molecule has 0 amide bonds. The molecule has 2 N–H and O–H groups in total. The summed E-state index contributed by atoms with van der Waals surface area (Å²) < 4.78 is 18.1. The van der Waals surface area contributed by atoms with E-state index in [0.29, 0.717) is 5.82 Å². The first-order valence-corrected chi connectivity index (χ1v) is 4.85. The van der Waals surface area contributed by atoms with Crippen LogP contribution in [0.25, 0.3) is 0 Å². The van der Waals surface area contributed by atoms with Gasteiger partial charge in [-0.3, -0.25) is 0 Å². The maximum absolute atomic E-state index is 13.2. The highest BCUT2D eigenvalue weighted by molar-refractivity contribution is 5.90. The fourth-order valence-electron chi connectivity index (χ4n) is 1.21. The molecule has 0 bridgehead atoms. The minimum Gasteiger partial charge on any atom is -0.420 e. The van der Waals surface area contributed by atoms with Crippen LogP contribution in [0.5, 0.6) is 5.75 Å². The lowest BCUT2D eigenvalue weighted by atomic mass is 10.3. The van der Waals surface area contributed by atoms with E-state index in [1.54, 1.807) is 6.07 Å². The molecule has 0 saturated carbocycles. The number of carbonyl (C=O) groups is 1. The SMILES string of the molecule is Nc1ccc(C(=O)Oc2ccccc2F)cn1. The van der Waals surface area contributed by atoms with Gasteiger partial charge in [0.2, 0.25) is 0 Å². The molecular formula is C12H9FN2O2. The van der Waals surface area contributed by atoms with Crippen molar-refractivity contribution >= 4 is 11.8 Å². The van der Waals surface area contributed by atoms with E-state index in [4.69, 9.17) is 10.5 Å². The second-order valence-electron chi connectivity index (χ2n) is 3.29. The summed E-state index contributed by atoms with van der Waals surface area (Å²) in [6, 6.07) is 8.61. The zero-order valence-electron chi connectivity index (χ0n) is 8.76. The van der Waals surface area contributed by atoms with Gasteiger partial charge in [0, 0.05) is 6.20 Å². The molecule has 0 saturated heterocycles. The molecule has 1 heterocycles. The molecule has 0 spiro atoms. The predicted molar refractivity (Wildman–Crippen MR) is 60.0 cm³/mol. The molecule has 0 aliphatic heterocycles. The molecule has 17 heavy (non-hydrogen) atoms. The summed E-state index contributed by atoms with van der Waals surface area (Å²) in [4.78, 5) is 15.4. The summed E-state index contributed by atoms with van der Waals surface area (Å²) in [6.07, 6.45) is 1.28. The molecule has 0 unspecified atom stereocenters. The highest BCUT2D eigenvalue weighted by Gasteiger charge is 2.11. The van der Waals surface area contributed by atoms with Gasteiger partial charge in [0.15, 0.2) is 11.6 Å². The maximum Gasteiger partial charge on any atom is 0.345 e. The zero-order chi connectivity index (χ0) is 12.3. The third-order valence-corrected chi connectivity index (χ3v) is 2.06. The number of esters is 1. The first kappa shape index (κ1) is 11.1. The van der Waals surface area contributed by atoms with E-state index >= 15 is 0 Å². The number of nitrogens with two attached hydrogens (primary N) is 1. The predicted octanol–water partition coefficient (Wildman–Crippen LogP) is 2.02. The van der Waals surface area contributed by atoms with Gasteiger partial charge in [0.05, 0.1) is 5.56 Å². The minimum atomic E-state index is -0.678. The molecule has 2 aromatic rings. The molecule has 0 aliphatic carbocycles. The van der Waals surface area contributed by atoms with E-state index in [0.717, 1.165) is 0 Å². The number of rotatable bonds is 2. The average molecular weight is 232 g/mol. The smallest absolute Gasteiger partial charge is 0.345 e. The second kappa shape index (κ2) is 4.61. The van der Waals surface area contributed by atoms with Gasteiger partial charge in [-0.1, -0.05) is 12.1 Å². The number of nitrogens with zero attached hydrogens (tertiary/aromatic N) is 1. The van der Waals surface area contributed by atoms with Crippen molar-refractivity contribution in [2.45, 2.75) is 0 Å². The zero-order valence-corrected chi connectivity index (χ0v) is 8.76. The molecule has 1 aromatic heterocycles. The Bertz CT molecular complexity index is 540. The van der Waals surface area contributed by atoms with Gasteiger partial charge in [-0.05, 0) is 24.3 Å². The summed E-state index contributed by atoms with van der Waals surface area (Å²) in [5.74, 6) is -1.09. The van der Waals surface area contributed by atoms with E-state index in [-0.39, 0.29) is 11.3 Å². The summed E-state index contributed by atoms with van der Waals surface area (Å²) in [7, 11) is 0. The molecule has 5 heteroatoms. The van der Waals surface area contributed by atoms with Gasteiger partial charge < -0.3 is 10.5 Å². The van der Waals surface area contributed by atoms with E-state index in [9.17, 15) is 9.18 Å². The number of halogens is 1. The number of hydrogen-bond donors (Lipinski definition) is 1. The quantitative estimate of drug-likeness (QED) is 0.635. The van der Waals surface area contributed by atoms with Crippen LogP contribution in [0.2, 0.25) is 0 Å². The number of nitrogen functional groups attached to an aromatic ring is 1. The molecule has 2 rings (SSSR count). The highest BCUT2D eigenvalue weighted by atomic mass is 19.1. The first-order chi connectivity index (χ1) is 8.16. The lowest BCUT2D eigenvalue weighted by Gasteiger charge is -2.04. The Hall–Kier alpha value is -2.43. The summed E-state index contributed by atoms with van der Waals surface area (Å²) in [5, 5.41) is 0. The normalized spacial score (nSPS) is 9.94. The number of anilines is 1. The van der Waals surface area contributed by atoms with Crippen molar-refractivity contribution in [1.29, 1.82) is 0 Å². The number of para-hydroxylation sites is 1. The van der Waals surface area contributed by atoms with Crippen molar-refractivity contribution in [3.05, 3.63) is 54.0 Å². The van der Waals surface area contributed by atoms with Crippen LogP contribution >= 0.6 is 0 Å². The molecule has 0 radical (unpaired) electrons. The maximum atomic E-state index is 13.2. The molecule has 86 valence electrons. The molecule has 4 nitrogen and oxygen atoms in total. The van der Waals surface area contributed by atoms with Gasteiger partial charge >= 0.3 is 5.97 Å². The van der Waals surface area contributed by atoms with Crippen LogP contribution in [0, 0.1) is 5.82 Å². The Balaban J connectivity index is 2.17. The fraction of sp³-hybridized carbons (Fsp3) is 0. The lowest BCUT2D eigenvalue weighted by Crippen LogP contribution is -2.10. The Morgan fingerprint density at radius 3 is 2.65 bits per heavy atom. The van der Waals surface area contributed by atoms with Crippen LogP contribution in [0.1, 0.15) is 10.4 Å². The van der Waals surface area contributed by atoms with E-state index in [1.807, 2.05) is 0 Å². The minimum absolute atomic E-state index is 0.116. The summed E-state index contributed by atoms with van der Waals surface area (Å²) in [5.41, 5.74) is 5.59. The van der Waals surface area contributed by atoms with Crippen LogP contribution in [0.3, 0.4) is 0 Å². The number of ether oxygens (including phenoxy) is 1. The van der Waals surface area contributed by atoms with E-state index in [1.165, 1.54) is 36.5 Å². The Labute approximate surface area is 96.9 Å². The van der Waals surface area contributed by atoms with Crippen molar-refractivity contribution in [3.8, 4) is 5.75 Å². The monoisotopic (exact) mass is 232 g/mol. The third kappa shape index (κ3) is 2.57. The molecule has 0 atom stereocenters. The van der Waals surface area contributed by atoms with Crippen LogP contribution in [0.15, 0.2) is 42.6 Å². The topological polar surface area (TPSA) is 65.2 Å². The van der Waals surface area contributed by atoms with Crippen molar-refractivity contribution in [3.63, 3.8) is 0 Å². The van der Waals surface area contributed by atoms with Gasteiger partial charge in [-0.25, -0.2) is 14.2 Å². The summed E-state index contributed by atoms with van der Waals surface area (Å²) in [6.45, 7) is 0. The van der Waals surface area contributed by atoms with Gasteiger partial charge in [0.25, 0.3) is 0 Å². The van der Waals surface area contributed by atoms with Crippen LogP contribution in [-0.2, 0) is 0 Å². The molecule has 0 aliphatic rings. The number of carbonyl (C=O) groups excluding carboxylic acids is 1. The van der Waals surface area contributed by atoms with Crippen LogP contribution in [-0.4, -0.2) is 11.0 Å². The fourth-order valence-corrected chi connectivity index (χ4v) is 1.21. The van der Waals surface area contributed by atoms with Crippen molar-refractivity contribution in [1.82, 2.24) is 4.98 Å². The lowest BCUT2D eigenvalue weighted by molar-refractivity contribution is 0.0727. The average Bonchev–Trinajstić information content (AvgIpc) is 2.33. The molecule has 0 fully saturated rings. The van der Waals surface area contributed by atoms with Gasteiger partial charge in [0.1, 0.15) is 5.82 Å².